The van der Waals surface area contributed by atoms with Gasteiger partial charge in [0.1, 0.15) is 0 Å². The minimum atomic E-state index is -0.500. The third-order valence-electron chi connectivity index (χ3n) is 2.39. The van der Waals surface area contributed by atoms with E-state index in [2.05, 4.69) is 6.58 Å². The number of aliphatic hydroxyl groups is 1. The summed E-state index contributed by atoms with van der Waals surface area (Å²) in [6.07, 6.45) is 0.711. The molecule has 0 heterocycles. The van der Waals surface area contributed by atoms with Gasteiger partial charge in [0.15, 0.2) is 0 Å². The Labute approximate surface area is 102 Å². The number of hydrogen-bond acceptors (Lipinski definition) is 3. The Bertz CT molecular complexity index is 370. The highest BCUT2D eigenvalue weighted by Gasteiger charge is 2.07. The topological polar surface area (TPSA) is 46.5 Å². The molecule has 0 aliphatic heterocycles. The molecule has 1 atom stereocenters. The molecule has 0 aromatic heterocycles. The second kappa shape index (κ2) is 6.86. The van der Waals surface area contributed by atoms with Crippen LogP contribution in [-0.2, 0) is 9.53 Å². The summed E-state index contributed by atoms with van der Waals surface area (Å²) in [6.45, 7) is 5.42. The lowest BCUT2D eigenvalue weighted by atomic mass is 10.1. The molecule has 3 nitrogen and oxygen atoms in total. The van der Waals surface area contributed by atoms with Crippen molar-refractivity contribution >= 4 is 5.97 Å². The van der Waals surface area contributed by atoms with Gasteiger partial charge in [0.25, 0.3) is 0 Å². The predicted molar refractivity (Wildman–Crippen MR) is 66.4 cm³/mol. The van der Waals surface area contributed by atoms with Crippen LogP contribution in [0.3, 0.4) is 0 Å². The second-order valence-corrected chi connectivity index (χ2v) is 3.98. The zero-order chi connectivity index (χ0) is 12.7. The maximum absolute atomic E-state index is 11.1. The molecule has 0 spiro atoms. The standard InChI is InChI=1S/C14H18O3/c1-11(2)14(16)17-10-6-9-13(15)12-7-4-3-5-8-12/h3-5,7-8,13,15H,1,6,9-10H2,2H3. The normalized spacial score (nSPS) is 11.9. The van der Waals surface area contributed by atoms with Gasteiger partial charge in [-0.2, -0.15) is 0 Å². The number of carbonyl (C=O) groups is 1. The van der Waals surface area contributed by atoms with Crippen molar-refractivity contribution in [2.24, 2.45) is 0 Å². The molecule has 1 aromatic rings. The van der Waals surface area contributed by atoms with Crippen LogP contribution in [0.2, 0.25) is 0 Å². The zero-order valence-electron chi connectivity index (χ0n) is 10.1. The lowest BCUT2D eigenvalue weighted by molar-refractivity contribution is -0.139. The first-order chi connectivity index (χ1) is 8.11. The van der Waals surface area contributed by atoms with Crippen molar-refractivity contribution < 1.29 is 14.6 Å². The van der Waals surface area contributed by atoms with Crippen LogP contribution in [0.5, 0.6) is 0 Å². The molecular weight excluding hydrogens is 216 g/mol. The summed E-state index contributed by atoms with van der Waals surface area (Å²) in [7, 11) is 0. The number of benzene rings is 1. The summed E-state index contributed by atoms with van der Waals surface area (Å²) in [5.74, 6) is -0.376. The zero-order valence-corrected chi connectivity index (χ0v) is 10.1. The summed E-state index contributed by atoms with van der Waals surface area (Å²) in [6, 6.07) is 9.44. The SMILES string of the molecule is C=C(C)C(=O)OCCCC(O)c1ccccc1. The van der Waals surface area contributed by atoms with E-state index >= 15 is 0 Å². The first-order valence-corrected chi connectivity index (χ1v) is 5.67. The van der Waals surface area contributed by atoms with Crippen molar-refractivity contribution in [3.8, 4) is 0 Å². The average molecular weight is 234 g/mol. The molecule has 0 aliphatic carbocycles. The third kappa shape index (κ3) is 4.83. The number of aliphatic hydroxyl groups excluding tert-OH is 1. The molecule has 0 saturated heterocycles. The van der Waals surface area contributed by atoms with E-state index in [1.54, 1.807) is 6.92 Å². The Morgan fingerprint density at radius 1 is 1.41 bits per heavy atom. The van der Waals surface area contributed by atoms with Gasteiger partial charge in [-0.15, -0.1) is 0 Å². The summed E-state index contributed by atoms with van der Waals surface area (Å²) in [5, 5.41) is 9.84. The van der Waals surface area contributed by atoms with Crippen LogP contribution in [0.15, 0.2) is 42.5 Å². The van der Waals surface area contributed by atoms with Crippen molar-refractivity contribution in [3.63, 3.8) is 0 Å². The molecule has 17 heavy (non-hydrogen) atoms. The van der Waals surface area contributed by atoms with Crippen LogP contribution in [0.4, 0.5) is 0 Å². The molecule has 1 rings (SSSR count). The quantitative estimate of drug-likeness (QED) is 0.467. The molecule has 0 saturated carbocycles. The second-order valence-electron chi connectivity index (χ2n) is 3.98. The summed E-state index contributed by atoms with van der Waals surface area (Å²) >= 11 is 0. The minimum absolute atomic E-state index is 0.315. The molecule has 1 unspecified atom stereocenters. The maximum Gasteiger partial charge on any atom is 0.333 e. The van der Waals surface area contributed by atoms with Gasteiger partial charge in [-0.1, -0.05) is 36.9 Å². The first-order valence-electron chi connectivity index (χ1n) is 5.67. The average Bonchev–Trinajstić information content (AvgIpc) is 2.35. The lowest BCUT2D eigenvalue weighted by Crippen LogP contribution is -2.07. The molecule has 0 radical (unpaired) electrons. The molecule has 0 aliphatic rings. The van der Waals surface area contributed by atoms with E-state index in [9.17, 15) is 9.90 Å². The monoisotopic (exact) mass is 234 g/mol. The van der Waals surface area contributed by atoms with Crippen LogP contribution in [0, 0.1) is 0 Å². The fourth-order valence-electron chi connectivity index (χ4n) is 1.41. The smallest absolute Gasteiger partial charge is 0.333 e. The highest BCUT2D eigenvalue weighted by molar-refractivity contribution is 5.86. The summed E-state index contributed by atoms with van der Waals surface area (Å²) in [5.41, 5.74) is 1.28. The summed E-state index contributed by atoms with van der Waals surface area (Å²) < 4.78 is 4.94. The van der Waals surface area contributed by atoms with E-state index in [1.165, 1.54) is 0 Å². The number of rotatable bonds is 6. The van der Waals surface area contributed by atoms with Crippen LogP contribution >= 0.6 is 0 Å². The van der Waals surface area contributed by atoms with Crippen molar-refractivity contribution in [2.45, 2.75) is 25.9 Å². The van der Waals surface area contributed by atoms with E-state index in [1.807, 2.05) is 30.3 Å². The molecule has 92 valence electrons. The third-order valence-corrected chi connectivity index (χ3v) is 2.39. The van der Waals surface area contributed by atoms with Crippen molar-refractivity contribution in [1.82, 2.24) is 0 Å². The van der Waals surface area contributed by atoms with Crippen LogP contribution in [0.1, 0.15) is 31.4 Å². The number of carbonyl (C=O) groups excluding carboxylic acids is 1. The molecule has 3 heteroatoms. The van der Waals surface area contributed by atoms with Crippen molar-refractivity contribution in [1.29, 1.82) is 0 Å². The maximum atomic E-state index is 11.1. The fraction of sp³-hybridized carbons (Fsp3) is 0.357. The highest BCUT2D eigenvalue weighted by Crippen LogP contribution is 2.17. The van der Waals surface area contributed by atoms with Crippen LogP contribution < -0.4 is 0 Å². The van der Waals surface area contributed by atoms with Gasteiger partial charge in [0.2, 0.25) is 0 Å². The molecule has 1 N–H and O–H groups in total. The molecule has 0 amide bonds. The van der Waals surface area contributed by atoms with Crippen LogP contribution in [0.25, 0.3) is 0 Å². The largest absolute Gasteiger partial charge is 0.462 e. The number of ether oxygens (including phenoxy) is 1. The first kappa shape index (κ1) is 13.5. The van der Waals surface area contributed by atoms with Gasteiger partial charge < -0.3 is 9.84 Å². The highest BCUT2D eigenvalue weighted by atomic mass is 16.5. The molecule has 1 aromatic carbocycles. The number of esters is 1. The van der Waals surface area contributed by atoms with Gasteiger partial charge in [0.05, 0.1) is 12.7 Å². The Hall–Kier alpha value is -1.61. The molecular formula is C14H18O3. The van der Waals surface area contributed by atoms with Gasteiger partial charge in [-0.05, 0) is 25.3 Å². The Balaban J connectivity index is 2.23. The predicted octanol–water partition coefficient (Wildman–Crippen LogP) is 2.62. The molecule has 0 fully saturated rings. The van der Waals surface area contributed by atoms with E-state index in [0.29, 0.717) is 25.0 Å². The van der Waals surface area contributed by atoms with E-state index in [0.717, 1.165) is 5.56 Å². The Kier molecular flexibility index (Phi) is 5.43. The fourth-order valence-corrected chi connectivity index (χ4v) is 1.41. The van der Waals surface area contributed by atoms with Gasteiger partial charge >= 0.3 is 5.97 Å². The Morgan fingerprint density at radius 3 is 2.65 bits per heavy atom. The minimum Gasteiger partial charge on any atom is -0.462 e. The lowest BCUT2D eigenvalue weighted by Gasteiger charge is -2.10. The summed E-state index contributed by atoms with van der Waals surface area (Å²) in [4.78, 5) is 11.1. The van der Waals surface area contributed by atoms with Gasteiger partial charge in [-0.25, -0.2) is 4.79 Å². The molecule has 0 bridgehead atoms. The van der Waals surface area contributed by atoms with Crippen LogP contribution in [-0.4, -0.2) is 17.7 Å². The Morgan fingerprint density at radius 2 is 2.06 bits per heavy atom. The van der Waals surface area contributed by atoms with E-state index < -0.39 is 6.10 Å². The van der Waals surface area contributed by atoms with Gasteiger partial charge in [-0.3, -0.25) is 0 Å². The van der Waals surface area contributed by atoms with Crippen molar-refractivity contribution in [3.05, 3.63) is 48.0 Å². The van der Waals surface area contributed by atoms with Gasteiger partial charge in [0, 0.05) is 5.57 Å². The van der Waals surface area contributed by atoms with E-state index in [-0.39, 0.29) is 5.97 Å². The van der Waals surface area contributed by atoms with Crippen molar-refractivity contribution in [2.75, 3.05) is 6.61 Å². The number of hydrogen-bond donors (Lipinski definition) is 1. The van der Waals surface area contributed by atoms with E-state index in [4.69, 9.17) is 4.74 Å².